The average Bonchev–Trinajstić information content (AvgIpc) is 2.42. The summed E-state index contributed by atoms with van der Waals surface area (Å²) in [4.78, 5) is 0. The number of hydrogen-bond acceptors (Lipinski definition) is 1. The van der Waals surface area contributed by atoms with Gasteiger partial charge in [0.05, 0.1) is 0 Å². The number of nitrogens with two attached hydrogens (primary N) is 1. The van der Waals surface area contributed by atoms with Gasteiger partial charge in [-0.3, -0.25) is 0 Å². The summed E-state index contributed by atoms with van der Waals surface area (Å²) in [5.41, 5.74) is 11.4. The highest BCUT2D eigenvalue weighted by molar-refractivity contribution is 9.10. The quantitative estimate of drug-likeness (QED) is 0.861. The third-order valence-corrected chi connectivity index (χ3v) is 4.34. The molecule has 0 spiro atoms. The molecule has 0 bridgehead atoms. The van der Waals surface area contributed by atoms with Gasteiger partial charge in [-0.25, -0.2) is 0 Å². The fraction of sp³-hybridized carbons (Fsp3) is 0.333. The van der Waals surface area contributed by atoms with Gasteiger partial charge in [0.1, 0.15) is 0 Å². The van der Waals surface area contributed by atoms with Crippen molar-refractivity contribution in [3.8, 4) is 0 Å². The van der Waals surface area contributed by atoms with E-state index in [1.165, 1.54) is 22.3 Å². The molecule has 1 unspecified atom stereocenters. The third-order valence-electron chi connectivity index (χ3n) is 3.84. The molecular weight excluding hydrogens is 310 g/mol. The first-order valence-electron chi connectivity index (χ1n) is 7.09. The molecule has 106 valence electrons. The molecule has 0 radical (unpaired) electrons. The lowest BCUT2D eigenvalue weighted by Gasteiger charge is -2.16. The Morgan fingerprint density at radius 2 is 1.65 bits per heavy atom. The molecule has 0 fully saturated rings. The van der Waals surface area contributed by atoms with Crippen LogP contribution in [0.3, 0.4) is 0 Å². The second-order valence-corrected chi connectivity index (χ2v) is 6.47. The van der Waals surface area contributed by atoms with Crippen molar-refractivity contribution >= 4 is 15.9 Å². The Morgan fingerprint density at radius 1 is 0.950 bits per heavy atom. The zero-order valence-corrected chi connectivity index (χ0v) is 13.8. The molecule has 2 rings (SSSR count). The van der Waals surface area contributed by atoms with E-state index in [9.17, 15) is 0 Å². The molecule has 2 aromatic rings. The topological polar surface area (TPSA) is 26.0 Å². The zero-order chi connectivity index (χ0) is 14.5. The molecule has 2 aromatic carbocycles. The zero-order valence-electron chi connectivity index (χ0n) is 12.2. The van der Waals surface area contributed by atoms with Crippen molar-refractivity contribution in [2.75, 3.05) is 6.54 Å². The van der Waals surface area contributed by atoms with E-state index in [1.807, 2.05) is 0 Å². The number of aryl methyl sites for hydroxylation is 2. The van der Waals surface area contributed by atoms with Gasteiger partial charge >= 0.3 is 0 Å². The summed E-state index contributed by atoms with van der Waals surface area (Å²) in [5.74, 6) is 0.492. The molecule has 0 aliphatic heterocycles. The molecule has 0 saturated carbocycles. The van der Waals surface area contributed by atoms with Crippen molar-refractivity contribution in [1.82, 2.24) is 0 Å². The first-order chi connectivity index (χ1) is 9.58. The minimum absolute atomic E-state index is 0.492. The Hall–Kier alpha value is -1.12. The van der Waals surface area contributed by atoms with Crippen LogP contribution < -0.4 is 5.73 Å². The van der Waals surface area contributed by atoms with Crippen LogP contribution in [0.15, 0.2) is 46.9 Å². The summed E-state index contributed by atoms with van der Waals surface area (Å²) in [7, 11) is 0. The van der Waals surface area contributed by atoms with Crippen molar-refractivity contribution < 1.29 is 0 Å². The fourth-order valence-electron chi connectivity index (χ4n) is 2.50. The molecule has 20 heavy (non-hydrogen) atoms. The highest BCUT2D eigenvalue weighted by atomic mass is 79.9. The molecule has 0 aromatic heterocycles. The highest BCUT2D eigenvalue weighted by Crippen LogP contribution is 2.19. The van der Waals surface area contributed by atoms with Gasteiger partial charge in [-0.05, 0) is 73.5 Å². The van der Waals surface area contributed by atoms with Crippen LogP contribution >= 0.6 is 15.9 Å². The summed E-state index contributed by atoms with van der Waals surface area (Å²) < 4.78 is 1.14. The van der Waals surface area contributed by atoms with E-state index >= 15 is 0 Å². The van der Waals surface area contributed by atoms with Gasteiger partial charge in [0.2, 0.25) is 0 Å². The lowest BCUT2D eigenvalue weighted by atomic mass is 9.91. The Morgan fingerprint density at radius 3 is 2.25 bits per heavy atom. The predicted octanol–water partition coefficient (Wildman–Crippen LogP) is 4.43. The van der Waals surface area contributed by atoms with Crippen LogP contribution in [-0.2, 0) is 12.8 Å². The van der Waals surface area contributed by atoms with E-state index in [4.69, 9.17) is 5.73 Å². The Bertz CT molecular complexity index is 577. The Balaban J connectivity index is 2.07. The lowest BCUT2D eigenvalue weighted by Crippen LogP contribution is -2.19. The number of halogens is 1. The Kier molecular flexibility index (Phi) is 5.38. The minimum atomic E-state index is 0.492. The third kappa shape index (κ3) is 4.19. The van der Waals surface area contributed by atoms with Crippen molar-refractivity contribution in [3.63, 3.8) is 0 Å². The van der Waals surface area contributed by atoms with E-state index in [0.29, 0.717) is 5.92 Å². The average molecular weight is 332 g/mol. The molecule has 0 aliphatic rings. The maximum Gasteiger partial charge on any atom is 0.0177 e. The predicted molar refractivity (Wildman–Crippen MR) is 90.0 cm³/mol. The number of benzene rings is 2. The highest BCUT2D eigenvalue weighted by Gasteiger charge is 2.10. The van der Waals surface area contributed by atoms with E-state index in [2.05, 4.69) is 72.2 Å². The monoisotopic (exact) mass is 331 g/mol. The van der Waals surface area contributed by atoms with Crippen LogP contribution in [0.25, 0.3) is 0 Å². The van der Waals surface area contributed by atoms with Crippen LogP contribution in [0, 0.1) is 19.8 Å². The molecule has 1 nitrogen and oxygen atoms in total. The normalized spacial score (nSPS) is 12.4. The standard InChI is InChI=1S/C18H22BrN/c1-13-6-7-16(8-14(13)2)10-17(12-20)9-15-4-3-5-18(19)11-15/h3-8,11,17H,9-10,12,20H2,1-2H3. The van der Waals surface area contributed by atoms with E-state index in [1.54, 1.807) is 0 Å². The summed E-state index contributed by atoms with van der Waals surface area (Å²) in [6.45, 7) is 5.05. The van der Waals surface area contributed by atoms with Gasteiger partial charge in [-0.2, -0.15) is 0 Å². The van der Waals surface area contributed by atoms with Gasteiger partial charge in [0, 0.05) is 4.47 Å². The van der Waals surface area contributed by atoms with Crippen LogP contribution in [0.4, 0.5) is 0 Å². The smallest absolute Gasteiger partial charge is 0.0177 e. The molecular formula is C18H22BrN. The number of rotatable bonds is 5. The van der Waals surface area contributed by atoms with Crippen molar-refractivity contribution in [2.45, 2.75) is 26.7 Å². The van der Waals surface area contributed by atoms with Crippen LogP contribution in [0.5, 0.6) is 0 Å². The van der Waals surface area contributed by atoms with Gasteiger partial charge in [-0.15, -0.1) is 0 Å². The van der Waals surface area contributed by atoms with Gasteiger partial charge < -0.3 is 5.73 Å². The van der Waals surface area contributed by atoms with E-state index in [0.717, 1.165) is 23.9 Å². The molecule has 1 atom stereocenters. The molecule has 0 amide bonds. The maximum atomic E-state index is 5.96. The summed E-state index contributed by atoms with van der Waals surface area (Å²) in [6, 6.07) is 15.2. The van der Waals surface area contributed by atoms with E-state index < -0.39 is 0 Å². The van der Waals surface area contributed by atoms with Crippen molar-refractivity contribution in [3.05, 3.63) is 69.2 Å². The van der Waals surface area contributed by atoms with Gasteiger partial charge in [0.15, 0.2) is 0 Å². The first kappa shape index (κ1) is 15.3. The molecule has 0 aliphatic carbocycles. The second-order valence-electron chi connectivity index (χ2n) is 5.56. The minimum Gasteiger partial charge on any atom is -0.330 e. The molecule has 0 heterocycles. The summed E-state index contributed by atoms with van der Waals surface area (Å²) >= 11 is 3.53. The van der Waals surface area contributed by atoms with Gasteiger partial charge in [-0.1, -0.05) is 46.3 Å². The summed E-state index contributed by atoms with van der Waals surface area (Å²) in [5, 5.41) is 0. The van der Waals surface area contributed by atoms with Crippen LogP contribution in [0.2, 0.25) is 0 Å². The van der Waals surface area contributed by atoms with Crippen LogP contribution in [-0.4, -0.2) is 6.54 Å². The van der Waals surface area contributed by atoms with Gasteiger partial charge in [0.25, 0.3) is 0 Å². The SMILES string of the molecule is Cc1ccc(CC(CN)Cc2cccc(Br)c2)cc1C. The molecule has 2 heteroatoms. The summed E-state index contributed by atoms with van der Waals surface area (Å²) in [6.07, 6.45) is 2.08. The fourth-order valence-corrected chi connectivity index (χ4v) is 2.95. The largest absolute Gasteiger partial charge is 0.330 e. The molecule has 2 N–H and O–H groups in total. The van der Waals surface area contributed by atoms with E-state index in [-0.39, 0.29) is 0 Å². The maximum absolute atomic E-state index is 5.96. The van der Waals surface area contributed by atoms with Crippen molar-refractivity contribution in [2.24, 2.45) is 11.7 Å². The Labute approximate surface area is 130 Å². The lowest BCUT2D eigenvalue weighted by molar-refractivity contribution is 0.533. The number of hydrogen-bond donors (Lipinski definition) is 1. The van der Waals surface area contributed by atoms with Crippen LogP contribution in [0.1, 0.15) is 22.3 Å². The van der Waals surface area contributed by atoms with Crippen molar-refractivity contribution in [1.29, 1.82) is 0 Å². The second kappa shape index (κ2) is 7.05. The molecule has 0 saturated heterocycles. The first-order valence-corrected chi connectivity index (χ1v) is 7.88.